The third-order valence-electron chi connectivity index (χ3n) is 4.35. The Labute approximate surface area is 125 Å². The van der Waals surface area contributed by atoms with E-state index in [1.54, 1.807) is 0 Å². The van der Waals surface area contributed by atoms with Crippen LogP contribution >= 0.6 is 0 Å². The van der Waals surface area contributed by atoms with Gasteiger partial charge in [-0.25, -0.2) is 0 Å². The Bertz CT molecular complexity index is 289. The van der Waals surface area contributed by atoms with E-state index in [1.165, 1.54) is 32.1 Å². The van der Waals surface area contributed by atoms with Crippen molar-refractivity contribution in [3.63, 3.8) is 0 Å². The van der Waals surface area contributed by atoms with Gasteiger partial charge in [0.05, 0.1) is 40.3 Å². The molecule has 116 valence electrons. The van der Waals surface area contributed by atoms with Gasteiger partial charge in [0.1, 0.15) is 0 Å². The molecule has 1 amide bonds. The van der Waals surface area contributed by atoms with Crippen molar-refractivity contribution in [3.8, 4) is 0 Å². The van der Waals surface area contributed by atoms with E-state index in [-0.39, 0.29) is 0 Å². The van der Waals surface area contributed by atoms with Gasteiger partial charge < -0.3 is 9.38 Å². The van der Waals surface area contributed by atoms with Crippen LogP contribution in [0, 0.1) is 0 Å². The predicted molar refractivity (Wildman–Crippen MR) is 85.6 cm³/mol. The van der Waals surface area contributed by atoms with E-state index in [1.807, 2.05) is 6.08 Å². The summed E-state index contributed by atoms with van der Waals surface area (Å²) < 4.78 is 1.05. The standard InChI is InChI=1S/C17H33N2O/c1-4-5-6-7-8-9-10-11-12-17(20)18-13-15-19(2,3)16-14-18/h4H,1,5-16H2,2-3H3/q+1. The van der Waals surface area contributed by atoms with Crippen molar-refractivity contribution in [1.29, 1.82) is 0 Å². The Kier molecular flexibility index (Phi) is 7.90. The van der Waals surface area contributed by atoms with Gasteiger partial charge in [-0.15, -0.1) is 6.58 Å². The predicted octanol–water partition coefficient (Wildman–Crippen LogP) is 3.21. The van der Waals surface area contributed by atoms with Crippen molar-refractivity contribution < 1.29 is 9.28 Å². The Morgan fingerprint density at radius 3 is 2.20 bits per heavy atom. The molecule has 0 atom stereocenters. The molecule has 1 rings (SSSR count). The minimum Gasteiger partial charge on any atom is -0.331 e. The third-order valence-corrected chi connectivity index (χ3v) is 4.35. The molecule has 0 aromatic carbocycles. The summed E-state index contributed by atoms with van der Waals surface area (Å²) in [4.78, 5) is 14.2. The molecule has 0 radical (unpaired) electrons. The van der Waals surface area contributed by atoms with Crippen LogP contribution in [0.5, 0.6) is 0 Å². The highest BCUT2D eigenvalue weighted by atomic mass is 16.2. The molecule has 1 saturated heterocycles. The highest BCUT2D eigenvalue weighted by Gasteiger charge is 2.26. The summed E-state index contributed by atoms with van der Waals surface area (Å²) in [7, 11) is 4.49. The largest absolute Gasteiger partial charge is 0.331 e. The maximum Gasteiger partial charge on any atom is 0.222 e. The SMILES string of the molecule is C=CCCCCCCCCC(=O)N1CC[N+](C)(C)CC1. The van der Waals surface area contributed by atoms with Gasteiger partial charge in [-0.1, -0.05) is 31.8 Å². The molecule has 0 bridgehead atoms. The Morgan fingerprint density at radius 2 is 1.60 bits per heavy atom. The van der Waals surface area contributed by atoms with Crippen molar-refractivity contribution in [3.05, 3.63) is 12.7 Å². The monoisotopic (exact) mass is 281 g/mol. The van der Waals surface area contributed by atoms with E-state index < -0.39 is 0 Å². The second-order valence-corrected chi connectivity index (χ2v) is 6.71. The van der Waals surface area contributed by atoms with Crippen LogP contribution < -0.4 is 0 Å². The summed E-state index contributed by atoms with van der Waals surface area (Å²) in [5.41, 5.74) is 0. The molecular formula is C17H33N2O+. The molecule has 20 heavy (non-hydrogen) atoms. The van der Waals surface area contributed by atoms with Crippen LogP contribution in [-0.2, 0) is 4.79 Å². The maximum absolute atomic E-state index is 12.1. The van der Waals surface area contributed by atoms with Crippen LogP contribution in [0.1, 0.15) is 51.4 Å². The lowest BCUT2D eigenvalue weighted by Crippen LogP contribution is -2.56. The second-order valence-electron chi connectivity index (χ2n) is 6.71. The molecule has 1 heterocycles. The first kappa shape index (κ1) is 17.2. The summed E-state index contributed by atoms with van der Waals surface area (Å²) in [6.45, 7) is 7.80. The van der Waals surface area contributed by atoms with Crippen molar-refractivity contribution in [1.82, 2.24) is 4.90 Å². The number of quaternary nitrogens is 1. The first-order valence-corrected chi connectivity index (χ1v) is 8.26. The molecule has 1 aliphatic rings. The van der Waals surface area contributed by atoms with Crippen LogP contribution in [0.15, 0.2) is 12.7 Å². The first-order chi connectivity index (χ1) is 9.55. The zero-order valence-electron chi connectivity index (χ0n) is 13.6. The Hall–Kier alpha value is -0.830. The van der Waals surface area contributed by atoms with Gasteiger partial charge in [0.2, 0.25) is 5.91 Å². The number of nitrogens with zero attached hydrogens (tertiary/aromatic N) is 2. The second kappa shape index (κ2) is 9.17. The highest BCUT2D eigenvalue weighted by Crippen LogP contribution is 2.12. The van der Waals surface area contributed by atoms with Gasteiger partial charge in [-0.05, 0) is 19.3 Å². The quantitative estimate of drug-likeness (QED) is 0.361. The van der Waals surface area contributed by atoms with Gasteiger partial charge in [-0.3, -0.25) is 4.79 Å². The van der Waals surface area contributed by atoms with Gasteiger partial charge >= 0.3 is 0 Å². The number of likely N-dealkylation sites (N-methyl/N-ethyl adjacent to an activating group) is 1. The van der Waals surface area contributed by atoms with Crippen molar-refractivity contribution in [2.75, 3.05) is 40.3 Å². The molecule has 3 nitrogen and oxygen atoms in total. The van der Waals surface area contributed by atoms with E-state index in [0.29, 0.717) is 5.91 Å². The van der Waals surface area contributed by atoms with Gasteiger partial charge in [0, 0.05) is 6.42 Å². The number of unbranched alkanes of at least 4 members (excludes halogenated alkanes) is 6. The summed E-state index contributed by atoms with van der Waals surface area (Å²) in [6.07, 6.45) is 11.3. The van der Waals surface area contributed by atoms with E-state index >= 15 is 0 Å². The van der Waals surface area contributed by atoms with Gasteiger partial charge in [-0.2, -0.15) is 0 Å². The normalized spacial score (nSPS) is 18.0. The zero-order chi connectivity index (χ0) is 14.8. The lowest BCUT2D eigenvalue weighted by molar-refractivity contribution is -0.894. The number of piperazine rings is 1. The van der Waals surface area contributed by atoms with E-state index in [0.717, 1.165) is 49.9 Å². The number of allylic oxidation sites excluding steroid dienone is 1. The molecule has 0 saturated carbocycles. The fraction of sp³-hybridized carbons (Fsp3) is 0.824. The molecule has 1 aliphatic heterocycles. The number of carbonyl (C=O) groups excluding carboxylic acids is 1. The van der Waals surface area contributed by atoms with Crippen LogP contribution in [0.4, 0.5) is 0 Å². The molecule has 0 N–H and O–H groups in total. The lowest BCUT2D eigenvalue weighted by Gasteiger charge is -2.39. The van der Waals surface area contributed by atoms with Crippen LogP contribution in [0.25, 0.3) is 0 Å². The van der Waals surface area contributed by atoms with Gasteiger partial charge in [0.15, 0.2) is 0 Å². The molecule has 0 spiro atoms. The topological polar surface area (TPSA) is 20.3 Å². The van der Waals surface area contributed by atoms with Crippen LogP contribution in [0.2, 0.25) is 0 Å². The molecule has 0 unspecified atom stereocenters. The van der Waals surface area contributed by atoms with Gasteiger partial charge in [0.25, 0.3) is 0 Å². The van der Waals surface area contributed by atoms with E-state index in [4.69, 9.17) is 0 Å². The molecule has 0 aromatic rings. The van der Waals surface area contributed by atoms with Crippen LogP contribution in [0.3, 0.4) is 0 Å². The van der Waals surface area contributed by atoms with E-state index in [9.17, 15) is 4.79 Å². The average Bonchev–Trinajstić information content (AvgIpc) is 2.41. The van der Waals surface area contributed by atoms with Crippen molar-refractivity contribution in [2.24, 2.45) is 0 Å². The number of hydrogen-bond acceptors (Lipinski definition) is 1. The summed E-state index contributed by atoms with van der Waals surface area (Å²) in [5.74, 6) is 0.372. The minimum absolute atomic E-state index is 0.372. The molecule has 0 aliphatic carbocycles. The molecular weight excluding hydrogens is 248 g/mol. The van der Waals surface area contributed by atoms with Crippen LogP contribution in [-0.4, -0.2) is 55.6 Å². The molecule has 3 heteroatoms. The fourth-order valence-corrected chi connectivity index (χ4v) is 2.69. The highest BCUT2D eigenvalue weighted by molar-refractivity contribution is 5.76. The minimum atomic E-state index is 0.372. The lowest BCUT2D eigenvalue weighted by atomic mass is 10.1. The number of hydrogen-bond donors (Lipinski definition) is 0. The number of amides is 1. The summed E-state index contributed by atoms with van der Waals surface area (Å²) in [6, 6.07) is 0. The fourth-order valence-electron chi connectivity index (χ4n) is 2.69. The summed E-state index contributed by atoms with van der Waals surface area (Å²) >= 11 is 0. The third kappa shape index (κ3) is 7.09. The maximum atomic E-state index is 12.1. The van der Waals surface area contributed by atoms with Crippen molar-refractivity contribution >= 4 is 5.91 Å². The average molecular weight is 281 g/mol. The number of rotatable bonds is 9. The first-order valence-electron chi connectivity index (χ1n) is 8.26. The smallest absolute Gasteiger partial charge is 0.222 e. The van der Waals surface area contributed by atoms with E-state index in [2.05, 4.69) is 25.6 Å². The Morgan fingerprint density at radius 1 is 1.05 bits per heavy atom. The number of carbonyl (C=O) groups is 1. The van der Waals surface area contributed by atoms with Crippen molar-refractivity contribution in [2.45, 2.75) is 51.4 Å². The zero-order valence-corrected chi connectivity index (χ0v) is 13.6. The molecule has 1 fully saturated rings. The summed E-state index contributed by atoms with van der Waals surface area (Å²) in [5, 5.41) is 0. The Balaban J connectivity index is 1.99. The molecule has 0 aromatic heterocycles.